The van der Waals surface area contributed by atoms with Gasteiger partial charge in [-0.2, -0.15) is 0 Å². The van der Waals surface area contributed by atoms with Gasteiger partial charge in [-0.25, -0.2) is 0 Å². The second-order valence-electron chi connectivity index (χ2n) is 9.28. The van der Waals surface area contributed by atoms with Gasteiger partial charge in [0, 0.05) is 15.8 Å². The van der Waals surface area contributed by atoms with Crippen molar-refractivity contribution in [3.8, 4) is 11.5 Å². The number of amides is 4. The van der Waals surface area contributed by atoms with Crippen molar-refractivity contribution in [1.29, 1.82) is 0 Å². The maximum Gasteiger partial charge on any atom is 0.294 e. The number of halogens is 1. The van der Waals surface area contributed by atoms with Gasteiger partial charge in [-0.3, -0.25) is 24.1 Å². The number of carbonyl (C=O) groups excluding carboxylic acids is 4. The van der Waals surface area contributed by atoms with Crippen molar-refractivity contribution < 1.29 is 28.7 Å². The summed E-state index contributed by atoms with van der Waals surface area (Å²) in [5.41, 5.74) is 4.81. The average molecular weight is 639 g/mol. The average Bonchev–Trinajstić information content (AvgIpc) is 3.19. The number of methoxy groups -OCH3 is 1. The highest BCUT2D eigenvalue weighted by Gasteiger charge is 2.36. The molecule has 212 valence electrons. The Kier molecular flexibility index (Phi) is 9.51. The molecular formula is C30H28BrN3O6S. The maximum atomic E-state index is 12.9. The summed E-state index contributed by atoms with van der Waals surface area (Å²) in [6.07, 6.45) is 1.54. The maximum absolute atomic E-state index is 12.9. The fourth-order valence-electron chi connectivity index (χ4n) is 4.00. The van der Waals surface area contributed by atoms with Gasteiger partial charge < -0.3 is 20.1 Å². The first-order valence-electron chi connectivity index (χ1n) is 12.5. The number of imide groups is 1. The van der Waals surface area contributed by atoms with Gasteiger partial charge in [-0.1, -0.05) is 34.1 Å². The predicted molar refractivity (Wildman–Crippen MR) is 163 cm³/mol. The molecule has 0 aromatic heterocycles. The molecule has 1 fully saturated rings. The summed E-state index contributed by atoms with van der Waals surface area (Å²) >= 11 is 4.23. The first-order valence-corrected chi connectivity index (χ1v) is 14.1. The molecule has 1 aliphatic heterocycles. The molecule has 11 heteroatoms. The van der Waals surface area contributed by atoms with Crippen LogP contribution in [0.3, 0.4) is 0 Å². The number of hydrogen-bond donors (Lipinski definition) is 2. The Labute approximate surface area is 250 Å². The topological polar surface area (TPSA) is 114 Å². The summed E-state index contributed by atoms with van der Waals surface area (Å²) in [6.45, 7) is 5.14. The minimum Gasteiger partial charge on any atom is -0.493 e. The summed E-state index contributed by atoms with van der Waals surface area (Å²) < 4.78 is 12.1. The normalized spacial score (nSPS) is 13.9. The highest BCUT2D eigenvalue weighted by molar-refractivity contribution is 9.10. The van der Waals surface area contributed by atoms with E-state index in [9.17, 15) is 19.2 Å². The Morgan fingerprint density at radius 3 is 2.46 bits per heavy atom. The third kappa shape index (κ3) is 7.36. The minimum atomic E-state index is -0.561. The second-order valence-corrected chi connectivity index (χ2v) is 11.1. The quantitative estimate of drug-likeness (QED) is 0.274. The lowest BCUT2D eigenvalue weighted by molar-refractivity contribution is -0.127. The first kappa shape index (κ1) is 29.9. The lowest BCUT2D eigenvalue weighted by atomic mass is 10.1. The van der Waals surface area contributed by atoms with Crippen LogP contribution in [0.2, 0.25) is 0 Å². The highest BCUT2D eigenvalue weighted by atomic mass is 79.9. The summed E-state index contributed by atoms with van der Waals surface area (Å²) in [6, 6.07) is 15.8. The van der Waals surface area contributed by atoms with Crippen LogP contribution in [0.4, 0.5) is 16.2 Å². The molecule has 0 unspecified atom stereocenters. The third-order valence-corrected chi connectivity index (χ3v) is 8.08. The molecule has 1 aliphatic rings. The monoisotopic (exact) mass is 637 g/mol. The van der Waals surface area contributed by atoms with Crippen LogP contribution >= 0.6 is 27.7 Å². The number of carbonyl (C=O) groups is 4. The molecule has 0 radical (unpaired) electrons. The van der Waals surface area contributed by atoms with Gasteiger partial charge in [-0.05, 0) is 97.3 Å². The van der Waals surface area contributed by atoms with Gasteiger partial charge >= 0.3 is 0 Å². The number of hydrogen-bond acceptors (Lipinski definition) is 7. The molecule has 4 amide bonds. The van der Waals surface area contributed by atoms with Gasteiger partial charge in [0.1, 0.15) is 6.54 Å². The molecule has 1 saturated heterocycles. The summed E-state index contributed by atoms with van der Waals surface area (Å²) in [5.74, 6) is -0.685. The fourth-order valence-corrected chi connectivity index (χ4v) is 5.27. The molecule has 9 nitrogen and oxygen atoms in total. The minimum absolute atomic E-state index is 0.175. The number of ether oxygens (including phenoxy) is 2. The number of benzene rings is 3. The van der Waals surface area contributed by atoms with E-state index in [-0.39, 0.29) is 17.4 Å². The zero-order valence-corrected chi connectivity index (χ0v) is 25.3. The number of aryl methyl sites for hydroxylation is 1. The van der Waals surface area contributed by atoms with E-state index in [4.69, 9.17) is 9.47 Å². The summed E-state index contributed by atoms with van der Waals surface area (Å²) in [5, 5.41) is 5.02. The van der Waals surface area contributed by atoms with E-state index in [1.165, 1.54) is 7.11 Å². The zero-order chi connectivity index (χ0) is 29.7. The van der Waals surface area contributed by atoms with Gasteiger partial charge in [0.2, 0.25) is 5.91 Å². The largest absolute Gasteiger partial charge is 0.493 e. The van der Waals surface area contributed by atoms with Crippen molar-refractivity contribution in [2.45, 2.75) is 20.8 Å². The molecule has 3 aromatic rings. The van der Waals surface area contributed by atoms with E-state index in [0.29, 0.717) is 28.4 Å². The Balaban J connectivity index is 1.39. The SMILES string of the molecule is COc1cc(/C=C2/SC(=O)N(CC(=O)Nc3cccc(C)c3)C2=O)ccc1OCC(=O)Nc1ccc(Br)c(C)c1C. The molecule has 41 heavy (non-hydrogen) atoms. The summed E-state index contributed by atoms with van der Waals surface area (Å²) in [7, 11) is 1.46. The summed E-state index contributed by atoms with van der Waals surface area (Å²) in [4.78, 5) is 51.5. The Morgan fingerprint density at radius 1 is 0.951 bits per heavy atom. The standard InChI is InChI=1S/C30H28BrN3O6S/c1-17-6-5-7-21(12-17)32-27(35)15-34-29(37)26(41-30(34)38)14-20-8-11-24(25(13-20)39-4)40-16-28(36)33-23-10-9-22(31)18(2)19(23)3/h5-14H,15-16H2,1-4H3,(H,32,35)(H,33,36)/b26-14+. The van der Waals surface area contributed by atoms with Gasteiger partial charge in [-0.15, -0.1) is 0 Å². The molecule has 0 spiro atoms. The molecule has 0 aliphatic carbocycles. The van der Waals surface area contributed by atoms with Gasteiger partial charge in [0.05, 0.1) is 12.0 Å². The number of anilines is 2. The van der Waals surface area contributed by atoms with Crippen LogP contribution in [0.1, 0.15) is 22.3 Å². The van der Waals surface area contributed by atoms with E-state index < -0.39 is 23.6 Å². The van der Waals surface area contributed by atoms with Crippen molar-refractivity contribution in [2.24, 2.45) is 0 Å². The van der Waals surface area contributed by atoms with Crippen molar-refractivity contribution >= 4 is 68.1 Å². The predicted octanol–water partition coefficient (Wildman–Crippen LogP) is 6.08. The van der Waals surface area contributed by atoms with Crippen LogP contribution in [-0.2, 0) is 14.4 Å². The van der Waals surface area contributed by atoms with E-state index in [1.54, 1.807) is 42.5 Å². The molecule has 4 rings (SSSR count). The van der Waals surface area contributed by atoms with Crippen LogP contribution in [0, 0.1) is 20.8 Å². The lowest BCUT2D eigenvalue weighted by Crippen LogP contribution is -2.36. The van der Waals surface area contributed by atoms with Crippen LogP contribution < -0.4 is 20.1 Å². The fraction of sp³-hybridized carbons (Fsp3) is 0.200. The second kappa shape index (κ2) is 13.0. The molecule has 0 atom stereocenters. The Bertz CT molecular complexity index is 1570. The van der Waals surface area contributed by atoms with Gasteiger partial charge in [0.25, 0.3) is 17.1 Å². The number of thioether (sulfide) groups is 1. The van der Waals surface area contributed by atoms with Crippen LogP contribution in [0.15, 0.2) is 64.0 Å². The third-order valence-electron chi connectivity index (χ3n) is 6.32. The van der Waals surface area contributed by atoms with E-state index in [1.807, 2.05) is 39.0 Å². The smallest absolute Gasteiger partial charge is 0.294 e. The van der Waals surface area contributed by atoms with Crippen molar-refractivity contribution in [1.82, 2.24) is 4.90 Å². The lowest BCUT2D eigenvalue weighted by Gasteiger charge is -2.14. The first-order chi connectivity index (χ1) is 19.5. The van der Waals surface area contributed by atoms with Crippen LogP contribution in [0.5, 0.6) is 11.5 Å². The molecule has 1 heterocycles. The van der Waals surface area contributed by atoms with Crippen molar-refractivity contribution in [3.05, 3.63) is 86.2 Å². The highest BCUT2D eigenvalue weighted by Crippen LogP contribution is 2.34. The van der Waals surface area contributed by atoms with Crippen molar-refractivity contribution in [2.75, 3.05) is 30.9 Å². The van der Waals surface area contributed by atoms with E-state index in [2.05, 4.69) is 26.6 Å². The molecule has 0 saturated carbocycles. The van der Waals surface area contributed by atoms with Crippen molar-refractivity contribution in [3.63, 3.8) is 0 Å². The molecule has 3 aromatic carbocycles. The Hall–Kier alpha value is -4.09. The molecule has 0 bridgehead atoms. The molecule has 2 N–H and O–H groups in total. The Morgan fingerprint density at radius 2 is 1.73 bits per heavy atom. The molecular weight excluding hydrogens is 610 g/mol. The number of nitrogens with one attached hydrogen (secondary N) is 2. The van der Waals surface area contributed by atoms with E-state index >= 15 is 0 Å². The van der Waals surface area contributed by atoms with Crippen LogP contribution in [-0.4, -0.2) is 48.1 Å². The number of rotatable bonds is 9. The van der Waals surface area contributed by atoms with E-state index in [0.717, 1.165) is 37.8 Å². The zero-order valence-electron chi connectivity index (χ0n) is 22.9. The van der Waals surface area contributed by atoms with Crippen LogP contribution in [0.25, 0.3) is 6.08 Å². The number of nitrogens with zero attached hydrogens (tertiary/aromatic N) is 1. The van der Waals surface area contributed by atoms with Gasteiger partial charge in [0.15, 0.2) is 18.1 Å².